The van der Waals surface area contributed by atoms with Crippen molar-refractivity contribution < 1.29 is 19.4 Å². The second kappa shape index (κ2) is 7.90. The molecule has 1 N–H and O–H groups in total. The topological polar surface area (TPSA) is 125 Å². The van der Waals surface area contributed by atoms with E-state index in [1.54, 1.807) is 0 Å². The molecular weight excluding hydrogens is 422 g/mol. The van der Waals surface area contributed by atoms with Crippen LogP contribution in [0, 0.1) is 20.2 Å². The van der Waals surface area contributed by atoms with Gasteiger partial charge in [0.15, 0.2) is 6.61 Å². The van der Waals surface area contributed by atoms with Crippen molar-refractivity contribution in [3.63, 3.8) is 0 Å². The molecule has 0 atom stereocenters. The Kier molecular flexibility index (Phi) is 5.88. The fourth-order valence-corrected chi connectivity index (χ4v) is 2.46. The molecule has 0 unspecified atom stereocenters. The number of nitro groups is 2. The average Bonchev–Trinajstić information content (AvgIpc) is 2.55. The third-order valence-electron chi connectivity index (χ3n) is 2.92. The summed E-state index contributed by atoms with van der Waals surface area (Å²) < 4.78 is 5.55. The largest absolute Gasteiger partial charge is 0.482 e. The number of hydrogen-bond acceptors (Lipinski definition) is 6. The molecule has 0 spiro atoms. The summed E-state index contributed by atoms with van der Waals surface area (Å²) in [4.78, 5) is 32.0. The van der Waals surface area contributed by atoms with E-state index in [4.69, 9.17) is 16.3 Å². The molecule has 0 aliphatic heterocycles. The van der Waals surface area contributed by atoms with E-state index in [2.05, 4.69) is 21.2 Å². The van der Waals surface area contributed by atoms with Gasteiger partial charge in [0.25, 0.3) is 17.3 Å². The number of benzene rings is 2. The second-order valence-corrected chi connectivity index (χ2v) is 5.89. The highest BCUT2D eigenvalue weighted by Crippen LogP contribution is 2.29. The first-order valence-corrected chi connectivity index (χ1v) is 7.75. The number of anilines is 1. The molecule has 2 aromatic carbocycles. The van der Waals surface area contributed by atoms with Crippen molar-refractivity contribution in [3.05, 3.63) is 66.1 Å². The zero-order chi connectivity index (χ0) is 18.6. The van der Waals surface area contributed by atoms with E-state index < -0.39 is 22.4 Å². The van der Waals surface area contributed by atoms with Gasteiger partial charge in [-0.15, -0.1) is 0 Å². The smallest absolute Gasteiger partial charge is 0.271 e. The number of halogens is 2. The molecule has 2 rings (SSSR count). The Morgan fingerprint density at radius 2 is 1.72 bits per heavy atom. The fourth-order valence-electron chi connectivity index (χ4n) is 1.77. The van der Waals surface area contributed by atoms with Gasteiger partial charge in [-0.25, -0.2) is 0 Å². The van der Waals surface area contributed by atoms with E-state index in [1.807, 2.05) is 0 Å². The zero-order valence-electron chi connectivity index (χ0n) is 12.3. The summed E-state index contributed by atoms with van der Waals surface area (Å²) in [7, 11) is 0. The van der Waals surface area contributed by atoms with Crippen LogP contribution in [0.1, 0.15) is 0 Å². The monoisotopic (exact) mass is 429 g/mol. The zero-order valence-corrected chi connectivity index (χ0v) is 14.6. The normalized spacial score (nSPS) is 10.2. The summed E-state index contributed by atoms with van der Waals surface area (Å²) in [5, 5.41) is 23.8. The lowest BCUT2D eigenvalue weighted by Crippen LogP contribution is -2.20. The quantitative estimate of drug-likeness (QED) is 0.547. The van der Waals surface area contributed by atoms with Crippen LogP contribution in [0.5, 0.6) is 5.75 Å². The molecule has 0 aliphatic rings. The van der Waals surface area contributed by atoms with Crippen LogP contribution >= 0.6 is 27.5 Å². The van der Waals surface area contributed by atoms with E-state index in [9.17, 15) is 25.0 Å². The number of amides is 1. The first kappa shape index (κ1) is 18.6. The lowest BCUT2D eigenvalue weighted by Gasteiger charge is -2.09. The van der Waals surface area contributed by atoms with Crippen molar-refractivity contribution in [3.8, 4) is 5.75 Å². The van der Waals surface area contributed by atoms with Crippen molar-refractivity contribution in [1.29, 1.82) is 0 Å². The van der Waals surface area contributed by atoms with Gasteiger partial charge in [-0.1, -0.05) is 11.6 Å². The first-order chi connectivity index (χ1) is 11.8. The molecule has 11 heteroatoms. The third kappa shape index (κ3) is 4.88. The highest BCUT2D eigenvalue weighted by atomic mass is 79.9. The maximum Gasteiger partial charge on any atom is 0.271 e. The summed E-state index contributed by atoms with van der Waals surface area (Å²) in [5.41, 5.74) is 0.00407. The molecule has 0 saturated heterocycles. The Morgan fingerprint density at radius 3 is 2.28 bits per heavy atom. The van der Waals surface area contributed by atoms with Crippen LogP contribution in [0.15, 0.2) is 40.9 Å². The summed E-state index contributed by atoms with van der Waals surface area (Å²) in [6.45, 7) is -0.402. The molecule has 9 nitrogen and oxygen atoms in total. The highest BCUT2D eigenvalue weighted by Gasteiger charge is 2.14. The minimum Gasteiger partial charge on any atom is -0.482 e. The molecular formula is C14H9BrClN3O6. The van der Waals surface area contributed by atoms with Gasteiger partial charge in [-0.2, -0.15) is 0 Å². The van der Waals surface area contributed by atoms with Gasteiger partial charge in [-0.3, -0.25) is 25.0 Å². The molecule has 0 bridgehead atoms. The summed E-state index contributed by atoms with van der Waals surface area (Å²) in [5.74, 6) is -0.422. The van der Waals surface area contributed by atoms with E-state index in [0.717, 1.165) is 6.07 Å². The minimum atomic E-state index is -0.603. The van der Waals surface area contributed by atoms with E-state index >= 15 is 0 Å². The van der Waals surface area contributed by atoms with Crippen molar-refractivity contribution >= 4 is 50.5 Å². The second-order valence-electron chi connectivity index (χ2n) is 4.63. The SMILES string of the molecule is O=C(COc1ccc([N+](=O)[O-])cc1Cl)Nc1ccc([N+](=O)[O-])cc1Br. The van der Waals surface area contributed by atoms with Crippen molar-refractivity contribution in [2.75, 3.05) is 11.9 Å². The standard InChI is InChI=1S/C14H9BrClN3O6/c15-10-5-8(18(21)22)1-3-12(10)17-14(20)7-25-13-4-2-9(19(23)24)6-11(13)16/h1-6H,7H2,(H,17,20). The number of hydrogen-bond donors (Lipinski definition) is 1. The van der Waals surface area contributed by atoms with Crippen LogP contribution in [-0.4, -0.2) is 22.4 Å². The Morgan fingerprint density at radius 1 is 1.12 bits per heavy atom. The molecule has 0 aliphatic carbocycles. The van der Waals surface area contributed by atoms with Gasteiger partial charge >= 0.3 is 0 Å². The molecule has 2 aromatic rings. The van der Waals surface area contributed by atoms with E-state index in [0.29, 0.717) is 10.2 Å². The number of non-ortho nitro benzene ring substituents is 2. The van der Waals surface area contributed by atoms with Crippen LogP contribution in [0.4, 0.5) is 17.1 Å². The maximum atomic E-state index is 11.9. The summed E-state index contributed by atoms with van der Waals surface area (Å²) in [6, 6.07) is 7.47. The van der Waals surface area contributed by atoms with Crippen LogP contribution in [0.25, 0.3) is 0 Å². The number of ether oxygens (including phenoxy) is 1. The predicted molar refractivity (Wildman–Crippen MR) is 93.0 cm³/mol. The molecule has 0 saturated carbocycles. The number of carbonyl (C=O) groups excluding carboxylic acids is 1. The highest BCUT2D eigenvalue weighted by molar-refractivity contribution is 9.10. The number of rotatable bonds is 6. The Bertz CT molecular complexity index is 860. The van der Waals surface area contributed by atoms with Crippen LogP contribution in [0.3, 0.4) is 0 Å². The Balaban J connectivity index is 1.99. The fraction of sp³-hybridized carbons (Fsp3) is 0.0714. The van der Waals surface area contributed by atoms with Gasteiger partial charge in [0, 0.05) is 28.7 Å². The van der Waals surface area contributed by atoms with Crippen LogP contribution < -0.4 is 10.1 Å². The van der Waals surface area contributed by atoms with E-state index in [-0.39, 0.29) is 22.1 Å². The van der Waals surface area contributed by atoms with Gasteiger partial charge in [-0.05, 0) is 28.1 Å². The molecule has 130 valence electrons. The summed E-state index contributed by atoms with van der Waals surface area (Å²) >= 11 is 8.99. The van der Waals surface area contributed by atoms with Gasteiger partial charge < -0.3 is 10.1 Å². The van der Waals surface area contributed by atoms with Gasteiger partial charge in [0.2, 0.25) is 0 Å². The number of nitro benzene ring substituents is 2. The molecule has 1 amide bonds. The Hall–Kier alpha value is -2.72. The lowest BCUT2D eigenvalue weighted by molar-refractivity contribution is -0.385. The van der Waals surface area contributed by atoms with Crippen molar-refractivity contribution in [2.24, 2.45) is 0 Å². The molecule has 0 radical (unpaired) electrons. The van der Waals surface area contributed by atoms with Gasteiger partial charge in [0.1, 0.15) is 5.75 Å². The third-order valence-corrected chi connectivity index (χ3v) is 3.87. The number of nitrogens with one attached hydrogen (secondary N) is 1. The Labute approximate surface area is 154 Å². The number of nitrogens with zero attached hydrogens (tertiary/aromatic N) is 2. The molecule has 25 heavy (non-hydrogen) atoms. The predicted octanol–water partition coefficient (Wildman–Crippen LogP) is 3.94. The lowest BCUT2D eigenvalue weighted by atomic mass is 10.3. The first-order valence-electron chi connectivity index (χ1n) is 6.58. The van der Waals surface area contributed by atoms with Gasteiger partial charge in [0.05, 0.1) is 20.6 Å². The van der Waals surface area contributed by atoms with Crippen LogP contribution in [0.2, 0.25) is 5.02 Å². The average molecular weight is 431 g/mol. The maximum absolute atomic E-state index is 11.9. The van der Waals surface area contributed by atoms with E-state index in [1.165, 1.54) is 30.3 Å². The van der Waals surface area contributed by atoms with Crippen LogP contribution in [-0.2, 0) is 4.79 Å². The molecule has 0 heterocycles. The molecule has 0 fully saturated rings. The van der Waals surface area contributed by atoms with Crippen molar-refractivity contribution in [2.45, 2.75) is 0 Å². The number of carbonyl (C=O) groups is 1. The minimum absolute atomic E-state index is 0.00137. The summed E-state index contributed by atoms with van der Waals surface area (Å²) in [6.07, 6.45) is 0. The molecule has 0 aromatic heterocycles. The van der Waals surface area contributed by atoms with Crippen molar-refractivity contribution in [1.82, 2.24) is 0 Å².